The molecule has 100 valence electrons. The van der Waals surface area contributed by atoms with E-state index in [1.54, 1.807) is 31.2 Å². The van der Waals surface area contributed by atoms with E-state index in [0.717, 1.165) is 5.56 Å². The van der Waals surface area contributed by atoms with E-state index in [4.69, 9.17) is 0 Å². The zero-order chi connectivity index (χ0) is 13.8. The molecule has 0 spiro atoms. The minimum atomic E-state index is -4.00. The van der Waals surface area contributed by atoms with Crippen molar-refractivity contribution in [2.45, 2.75) is 19.3 Å². The average Bonchev–Trinajstić information content (AvgIpc) is 2.27. The Bertz CT molecular complexity index is 503. The van der Waals surface area contributed by atoms with Gasteiger partial charge in [0.25, 0.3) is 22.4 Å². The van der Waals surface area contributed by atoms with Gasteiger partial charge in [0.1, 0.15) is 0 Å². The van der Waals surface area contributed by atoms with Gasteiger partial charge >= 0.3 is 0 Å². The van der Waals surface area contributed by atoms with E-state index in [9.17, 15) is 17.6 Å². The Hall–Kier alpha value is -1.47. The highest BCUT2D eigenvalue weighted by molar-refractivity contribution is 7.86. The highest BCUT2D eigenvalue weighted by Crippen LogP contribution is 2.12. The Morgan fingerprint density at radius 3 is 2.39 bits per heavy atom. The van der Waals surface area contributed by atoms with Gasteiger partial charge in [-0.05, 0) is 12.5 Å². The van der Waals surface area contributed by atoms with Crippen molar-refractivity contribution in [2.24, 2.45) is 0 Å². The molecule has 0 heterocycles. The standard InChI is InChI=1S/C11H14FNO4S/c1-8(9-6-4-3-5-7-9)13-11(14)10(12)17-18(2,15)16/h3-8,10H,1-2H3,(H,13,14). The normalized spacial score (nSPS) is 14.8. The van der Waals surface area contributed by atoms with Crippen LogP contribution in [0.4, 0.5) is 4.39 Å². The van der Waals surface area contributed by atoms with Crippen molar-refractivity contribution in [3.8, 4) is 0 Å². The number of amides is 1. The van der Waals surface area contributed by atoms with Crippen LogP contribution in [0.3, 0.4) is 0 Å². The molecule has 0 saturated heterocycles. The summed E-state index contributed by atoms with van der Waals surface area (Å²) in [7, 11) is -4.00. The third-order valence-corrected chi connectivity index (χ3v) is 2.64. The molecule has 1 amide bonds. The van der Waals surface area contributed by atoms with E-state index in [1.165, 1.54) is 0 Å². The van der Waals surface area contributed by atoms with Crippen molar-refractivity contribution in [1.82, 2.24) is 5.32 Å². The van der Waals surface area contributed by atoms with Crippen LogP contribution in [-0.4, -0.2) is 26.9 Å². The second-order valence-corrected chi connectivity index (χ2v) is 5.36. The lowest BCUT2D eigenvalue weighted by Gasteiger charge is -2.15. The van der Waals surface area contributed by atoms with Crippen LogP contribution >= 0.6 is 0 Å². The number of benzene rings is 1. The molecule has 0 bridgehead atoms. The summed E-state index contributed by atoms with van der Waals surface area (Å²) >= 11 is 0. The third kappa shape index (κ3) is 4.80. The van der Waals surface area contributed by atoms with Crippen LogP contribution in [0.25, 0.3) is 0 Å². The fourth-order valence-electron chi connectivity index (χ4n) is 1.30. The lowest BCUT2D eigenvalue weighted by molar-refractivity contribution is -0.135. The second-order valence-electron chi connectivity index (χ2n) is 3.76. The molecule has 0 saturated carbocycles. The quantitative estimate of drug-likeness (QED) is 0.818. The number of alkyl halides is 1. The molecule has 7 heteroatoms. The maximum absolute atomic E-state index is 13.2. The predicted octanol–water partition coefficient (Wildman–Crippen LogP) is 1.14. The molecular formula is C11H14FNO4S. The van der Waals surface area contributed by atoms with Crippen molar-refractivity contribution < 1.29 is 21.8 Å². The van der Waals surface area contributed by atoms with Crippen molar-refractivity contribution in [3.05, 3.63) is 35.9 Å². The summed E-state index contributed by atoms with van der Waals surface area (Å²) in [5, 5.41) is 2.32. The number of hydrogen-bond donors (Lipinski definition) is 1. The van der Waals surface area contributed by atoms with E-state index >= 15 is 0 Å². The van der Waals surface area contributed by atoms with Gasteiger partial charge < -0.3 is 5.32 Å². The minimum absolute atomic E-state index is 0.444. The van der Waals surface area contributed by atoms with Crippen LogP contribution in [0.1, 0.15) is 18.5 Å². The largest absolute Gasteiger partial charge is 0.345 e. The Labute approximate surface area is 105 Å². The first-order chi connectivity index (χ1) is 8.29. The molecule has 2 atom stereocenters. The molecule has 0 aliphatic carbocycles. The van der Waals surface area contributed by atoms with Gasteiger partial charge in [-0.2, -0.15) is 8.42 Å². The number of carbonyl (C=O) groups excluding carboxylic acids is 1. The number of hydrogen-bond acceptors (Lipinski definition) is 4. The molecule has 1 N–H and O–H groups in total. The second kappa shape index (κ2) is 5.92. The van der Waals surface area contributed by atoms with Gasteiger partial charge in [-0.25, -0.2) is 8.57 Å². The van der Waals surface area contributed by atoms with E-state index < -0.39 is 28.4 Å². The summed E-state index contributed by atoms with van der Waals surface area (Å²) < 4.78 is 38.4. The van der Waals surface area contributed by atoms with Crippen molar-refractivity contribution >= 4 is 16.0 Å². The molecule has 1 rings (SSSR count). The Balaban J connectivity index is 2.60. The van der Waals surface area contributed by atoms with E-state index in [1.807, 2.05) is 6.07 Å². The van der Waals surface area contributed by atoms with Gasteiger partial charge in [-0.1, -0.05) is 30.3 Å². The first-order valence-corrected chi connectivity index (χ1v) is 6.99. The van der Waals surface area contributed by atoms with Crippen LogP contribution in [-0.2, 0) is 19.1 Å². The monoisotopic (exact) mass is 275 g/mol. The van der Waals surface area contributed by atoms with Crippen molar-refractivity contribution in [3.63, 3.8) is 0 Å². The van der Waals surface area contributed by atoms with Crippen molar-refractivity contribution in [1.29, 1.82) is 0 Å². The Kier molecular flexibility index (Phi) is 4.80. The number of rotatable bonds is 5. The summed E-state index contributed by atoms with van der Waals surface area (Å²) in [5.74, 6) is -1.13. The Morgan fingerprint density at radius 1 is 1.33 bits per heavy atom. The smallest absolute Gasteiger partial charge is 0.293 e. The molecule has 0 aliphatic heterocycles. The molecule has 0 aliphatic rings. The predicted molar refractivity (Wildman–Crippen MR) is 63.8 cm³/mol. The number of carbonyl (C=O) groups is 1. The van der Waals surface area contributed by atoms with Gasteiger partial charge in [0, 0.05) is 0 Å². The molecule has 5 nitrogen and oxygen atoms in total. The first-order valence-electron chi connectivity index (χ1n) is 5.17. The van der Waals surface area contributed by atoms with E-state index in [2.05, 4.69) is 9.50 Å². The number of nitrogens with one attached hydrogen (secondary N) is 1. The van der Waals surface area contributed by atoms with Gasteiger partial charge in [-0.15, -0.1) is 0 Å². The van der Waals surface area contributed by atoms with Crippen molar-refractivity contribution in [2.75, 3.05) is 6.26 Å². The molecular weight excluding hydrogens is 261 g/mol. The molecule has 1 aromatic carbocycles. The highest BCUT2D eigenvalue weighted by atomic mass is 32.2. The SMILES string of the molecule is CC(NC(=O)C(F)OS(C)(=O)=O)c1ccccc1. The lowest BCUT2D eigenvalue weighted by atomic mass is 10.1. The molecule has 1 aromatic rings. The fraction of sp³-hybridized carbons (Fsp3) is 0.364. The van der Waals surface area contributed by atoms with Crippen LogP contribution in [0.5, 0.6) is 0 Å². The summed E-state index contributed by atoms with van der Waals surface area (Å²) in [5.41, 5.74) is 0.775. The topological polar surface area (TPSA) is 72.5 Å². The fourth-order valence-corrected chi connectivity index (χ4v) is 1.70. The zero-order valence-electron chi connectivity index (χ0n) is 9.96. The van der Waals surface area contributed by atoms with Gasteiger partial charge in [0.15, 0.2) is 0 Å². The van der Waals surface area contributed by atoms with Gasteiger partial charge in [0.2, 0.25) is 0 Å². The molecule has 0 aromatic heterocycles. The molecule has 18 heavy (non-hydrogen) atoms. The van der Waals surface area contributed by atoms with Gasteiger partial charge in [-0.3, -0.25) is 4.79 Å². The summed E-state index contributed by atoms with van der Waals surface area (Å²) in [6, 6.07) is 8.43. The maximum Gasteiger partial charge on any atom is 0.293 e. The van der Waals surface area contributed by atoms with E-state index in [-0.39, 0.29) is 0 Å². The molecule has 0 fully saturated rings. The summed E-state index contributed by atoms with van der Waals surface area (Å²) in [6.45, 7) is 1.65. The van der Waals surface area contributed by atoms with Crippen LogP contribution < -0.4 is 5.32 Å². The average molecular weight is 275 g/mol. The highest BCUT2D eigenvalue weighted by Gasteiger charge is 2.24. The van der Waals surface area contributed by atoms with Gasteiger partial charge in [0.05, 0.1) is 12.3 Å². The Morgan fingerprint density at radius 2 is 1.89 bits per heavy atom. The third-order valence-electron chi connectivity index (χ3n) is 2.12. The van der Waals surface area contributed by atoms with E-state index in [0.29, 0.717) is 6.26 Å². The summed E-state index contributed by atoms with van der Waals surface area (Å²) in [4.78, 5) is 11.3. The van der Waals surface area contributed by atoms with Crippen LogP contribution in [0.15, 0.2) is 30.3 Å². The molecule has 2 unspecified atom stereocenters. The minimum Gasteiger partial charge on any atom is -0.345 e. The number of halogens is 1. The molecule has 0 radical (unpaired) electrons. The lowest BCUT2D eigenvalue weighted by Crippen LogP contribution is -2.36. The van der Waals surface area contributed by atoms with Crippen LogP contribution in [0, 0.1) is 0 Å². The first kappa shape index (κ1) is 14.6. The maximum atomic E-state index is 13.2. The summed E-state index contributed by atoms with van der Waals surface area (Å²) in [6.07, 6.45) is -1.86. The zero-order valence-corrected chi connectivity index (χ0v) is 10.8. The van der Waals surface area contributed by atoms with Crippen LogP contribution in [0.2, 0.25) is 0 Å².